The Morgan fingerprint density at radius 3 is 1.50 bits per heavy atom. The highest BCUT2D eigenvalue weighted by molar-refractivity contribution is 5.82. The lowest BCUT2D eigenvalue weighted by molar-refractivity contribution is -0.0401. The quantitative estimate of drug-likeness (QED) is 0.594. The number of rotatable bonds is 8. The number of hydrogen-bond donors (Lipinski definition) is 2. The van der Waals surface area contributed by atoms with Crippen LogP contribution in [0.3, 0.4) is 0 Å². The lowest BCUT2D eigenvalue weighted by atomic mass is 9.91. The number of aliphatic hydroxyl groups excluding tert-OH is 2. The molecule has 178 valence electrons. The Bertz CT molecular complexity index is 940. The first-order valence-corrected chi connectivity index (χ1v) is 12.6. The van der Waals surface area contributed by atoms with Crippen molar-refractivity contribution in [2.24, 2.45) is 16.8 Å². The first-order valence-electron chi connectivity index (χ1n) is 12.6. The number of aliphatic hydroxyl groups is 2. The van der Waals surface area contributed by atoms with Crippen LogP contribution in [0.2, 0.25) is 0 Å². The van der Waals surface area contributed by atoms with Gasteiger partial charge in [-0.25, -0.2) is 0 Å². The number of nitrogens with zero attached hydrogens (tertiary/aromatic N) is 4. The second-order valence-electron chi connectivity index (χ2n) is 10.2. The SMILES string of the molecule is N#CN=C1N(CC2CC2)C(Cc2ccccc2)C(O)C(O)C(Cc2ccccc2)N1CC1CC1. The predicted octanol–water partition coefficient (Wildman–Crippen LogP) is 3.21. The molecule has 3 aliphatic rings. The van der Waals surface area contributed by atoms with Gasteiger partial charge in [0.2, 0.25) is 12.2 Å². The molecule has 34 heavy (non-hydrogen) atoms. The molecule has 1 aliphatic heterocycles. The third-order valence-corrected chi connectivity index (χ3v) is 7.48. The van der Waals surface area contributed by atoms with Gasteiger partial charge in [-0.15, -0.1) is 4.99 Å². The Kier molecular flexibility index (Phi) is 6.85. The van der Waals surface area contributed by atoms with Gasteiger partial charge in [0, 0.05) is 13.1 Å². The van der Waals surface area contributed by atoms with Crippen LogP contribution in [0.1, 0.15) is 36.8 Å². The van der Waals surface area contributed by atoms with Crippen LogP contribution in [0.25, 0.3) is 0 Å². The van der Waals surface area contributed by atoms with E-state index in [1.165, 1.54) is 0 Å². The first kappa shape index (κ1) is 22.9. The average molecular weight is 459 g/mol. The zero-order chi connectivity index (χ0) is 23.5. The number of nitriles is 1. The molecule has 2 N–H and O–H groups in total. The van der Waals surface area contributed by atoms with Crippen molar-refractivity contribution >= 4 is 5.96 Å². The fraction of sp³-hybridized carbons (Fsp3) is 0.500. The fourth-order valence-electron chi connectivity index (χ4n) is 5.22. The summed E-state index contributed by atoms with van der Waals surface area (Å²) in [6.07, 6.45) is 5.94. The Hall–Kier alpha value is -2.88. The van der Waals surface area contributed by atoms with E-state index in [9.17, 15) is 15.5 Å². The highest BCUT2D eigenvalue weighted by Crippen LogP contribution is 2.37. The monoisotopic (exact) mass is 458 g/mol. The van der Waals surface area contributed by atoms with Crippen LogP contribution >= 0.6 is 0 Å². The molecule has 6 nitrogen and oxygen atoms in total. The lowest BCUT2D eigenvalue weighted by Crippen LogP contribution is -2.53. The van der Waals surface area contributed by atoms with Crippen LogP contribution < -0.4 is 0 Å². The minimum absolute atomic E-state index is 0.354. The Morgan fingerprint density at radius 1 is 0.735 bits per heavy atom. The van der Waals surface area contributed by atoms with Crippen LogP contribution in [0.15, 0.2) is 65.7 Å². The molecule has 0 spiro atoms. The van der Waals surface area contributed by atoms with Crippen molar-refractivity contribution in [1.29, 1.82) is 5.26 Å². The minimum Gasteiger partial charge on any atom is -0.388 e. The van der Waals surface area contributed by atoms with Gasteiger partial charge in [0.05, 0.1) is 12.1 Å². The molecule has 0 amide bonds. The second-order valence-corrected chi connectivity index (χ2v) is 10.2. The van der Waals surface area contributed by atoms with Crippen LogP contribution in [0.4, 0.5) is 0 Å². The summed E-state index contributed by atoms with van der Waals surface area (Å²) in [6.45, 7) is 1.50. The Labute approximate surface area is 202 Å². The zero-order valence-electron chi connectivity index (χ0n) is 19.6. The molecule has 1 saturated heterocycles. The molecule has 2 aliphatic carbocycles. The van der Waals surface area contributed by atoms with Gasteiger partial charge in [-0.05, 0) is 61.5 Å². The molecule has 3 fully saturated rings. The van der Waals surface area contributed by atoms with Gasteiger partial charge >= 0.3 is 0 Å². The molecule has 0 bridgehead atoms. The molecular formula is C28H34N4O2. The maximum Gasteiger partial charge on any atom is 0.213 e. The summed E-state index contributed by atoms with van der Waals surface area (Å²) in [7, 11) is 0. The van der Waals surface area contributed by atoms with Gasteiger partial charge in [0.1, 0.15) is 12.2 Å². The van der Waals surface area contributed by atoms with E-state index in [0.29, 0.717) is 30.6 Å². The molecule has 2 aromatic rings. The van der Waals surface area contributed by atoms with Crippen LogP contribution in [0.5, 0.6) is 0 Å². The van der Waals surface area contributed by atoms with E-state index in [-0.39, 0.29) is 12.1 Å². The summed E-state index contributed by atoms with van der Waals surface area (Å²) < 4.78 is 0. The lowest BCUT2D eigenvalue weighted by Gasteiger charge is -2.38. The summed E-state index contributed by atoms with van der Waals surface area (Å²) in [5.74, 6) is 1.71. The molecule has 6 heteroatoms. The number of aliphatic imine (C=N–C) groups is 1. The summed E-state index contributed by atoms with van der Waals surface area (Å²) in [6, 6.07) is 19.5. The topological polar surface area (TPSA) is 83.1 Å². The third kappa shape index (κ3) is 5.27. The van der Waals surface area contributed by atoms with E-state index in [1.54, 1.807) is 0 Å². The molecule has 0 radical (unpaired) electrons. The smallest absolute Gasteiger partial charge is 0.213 e. The number of benzene rings is 2. The van der Waals surface area contributed by atoms with Gasteiger partial charge < -0.3 is 20.0 Å². The van der Waals surface area contributed by atoms with Crippen molar-refractivity contribution in [3.8, 4) is 6.19 Å². The van der Waals surface area contributed by atoms with Crippen molar-refractivity contribution in [3.05, 3.63) is 71.8 Å². The van der Waals surface area contributed by atoms with E-state index in [1.807, 2.05) is 36.4 Å². The zero-order valence-corrected chi connectivity index (χ0v) is 19.6. The molecular weight excluding hydrogens is 424 g/mol. The maximum absolute atomic E-state index is 11.6. The molecule has 2 aromatic carbocycles. The first-order chi connectivity index (χ1) is 16.6. The van der Waals surface area contributed by atoms with Gasteiger partial charge in [0.25, 0.3) is 0 Å². The van der Waals surface area contributed by atoms with E-state index in [0.717, 1.165) is 49.9 Å². The summed E-state index contributed by atoms with van der Waals surface area (Å²) in [4.78, 5) is 8.67. The summed E-state index contributed by atoms with van der Waals surface area (Å²) in [5.41, 5.74) is 2.21. The van der Waals surface area contributed by atoms with E-state index >= 15 is 0 Å². The Balaban J connectivity index is 1.56. The van der Waals surface area contributed by atoms with Crippen molar-refractivity contribution < 1.29 is 10.2 Å². The molecule has 4 atom stereocenters. The molecule has 4 unspecified atom stereocenters. The van der Waals surface area contributed by atoms with Crippen LogP contribution in [-0.2, 0) is 12.8 Å². The van der Waals surface area contributed by atoms with Gasteiger partial charge in [-0.2, -0.15) is 5.26 Å². The van der Waals surface area contributed by atoms with Crippen molar-refractivity contribution in [2.75, 3.05) is 13.1 Å². The average Bonchev–Trinajstić information content (AvgIpc) is 3.79. The summed E-state index contributed by atoms with van der Waals surface area (Å²) in [5, 5.41) is 33.0. The largest absolute Gasteiger partial charge is 0.388 e. The normalized spacial score (nSPS) is 27.3. The van der Waals surface area contributed by atoms with Crippen molar-refractivity contribution in [1.82, 2.24) is 9.80 Å². The minimum atomic E-state index is -0.958. The van der Waals surface area contributed by atoms with Gasteiger partial charge in [0.15, 0.2) is 0 Å². The van der Waals surface area contributed by atoms with Gasteiger partial charge in [-0.1, -0.05) is 60.7 Å². The molecule has 1 heterocycles. The number of guanidine groups is 1. The second kappa shape index (κ2) is 10.2. The highest BCUT2D eigenvalue weighted by Gasteiger charge is 2.47. The van der Waals surface area contributed by atoms with E-state index in [2.05, 4.69) is 45.3 Å². The van der Waals surface area contributed by atoms with Crippen LogP contribution in [0, 0.1) is 23.3 Å². The van der Waals surface area contributed by atoms with E-state index < -0.39 is 12.2 Å². The molecule has 5 rings (SSSR count). The van der Waals surface area contributed by atoms with Crippen molar-refractivity contribution in [2.45, 2.75) is 62.8 Å². The fourth-order valence-corrected chi connectivity index (χ4v) is 5.22. The maximum atomic E-state index is 11.6. The van der Waals surface area contributed by atoms with E-state index in [4.69, 9.17) is 0 Å². The highest BCUT2D eigenvalue weighted by atomic mass is 16.3. The summed E-state index contributed by atoms with van der Waals surface area (Å²) >= 11 is 0. The van der Waals surface area contributed by atoms with Crippen LogP contribution in [-0.4, -0.2) is 63.4 Å². The molecule has 0 aromatic heterocycles. The predicted molar refractivity (Wildman–Crippen MR) is 132 cm³/mol. The van der Waals surface area contributed by atoms with Gasteiger partial charge in [-0.3, -0.25) is 0 Å². The standard InChI is InChI=1S/C28H34N4O2/c29-19-30-28-31(17-22-11-12-22)24(15-20-7-3-1-4-8-20)26(33)27(34)25(32(28)18-23-13-14-23)16-21-9-5-2-6-10-21/h1-10,22-27,33-34H,11-18H2. The number of hydrogen-bond acceptors (Lipinski definition) is 4. The third-order valence-electron chi connectivity index (χ3n) is 7.48. The molecule has 2 saturated carbocycles. The Morgan fingerprint density at radius 2 is 1.15 bits per heavy atom. The van der Waals surface area contributed by atoms with Crippen molar-refractivity contribution in [3.63, 3.8) is 0 Å².